The third kappa shape index (κ3) is 3.10. The maximum atomic E-state index is 12.1. The van der Waals surface area contributed by atoms with Crippen LogP contribution in [-0.4, -0.2) is 11.8 Å². The summed E-state index contributed by atoms with van der Waals surface area (Å²) >= 11 is 0. The molecule has 0 saturated carbocycles. The van der Waals surface area contributed by atoms with Gasteiger partial charge in [-0.3, -0.25) is 9.59 Å². The predicted molar refractivity (Wildman–Crippen MR) is 72.2 cm³/mol. The Kier molecular flexibility index (Phi) is 4.65. The van der Waals surface area contributed by atoms with Crippen LogP contribution in [0.5, 0.6) is 0 Å². The van der Waals surface area contributed by atoms with Crippen molar-refractivity contribution in [3.8, 4) is 6.07 Å². The van der Waals surface area contributed by atoms with E-state index in [1.165, 1.54) is 12.1 Å². The van der Waals surface area contributed by atoms with E-state index in [9.17, 15) is 9.59 Å². The summed E-state index contributed by atoms with van der Waals surface area (Å²) in [5.41, 5.74) is 5.03. The Morgan fingerprint density at radius 2 is 1.79 bits per heavy atom. The molecule has 1 aromatic rings. The predicted octanol–water partition coefficient (Wildman–Crippen LogP) is 2.05. The molecule has 100 valence electrons. The van der Waals surface area contributed by atoms with Gasteiger partial charge in [0.2, 0.25) is 11.8 Å². The van der Waals surface area contributed by atoms with E-state index in [-0.39, 0.29) is 5.91 Å². The summed E-state index contributed by atoms with van der Waals surface area (Å²) in [7, 11) is 0. The van der Waals surface area contributed by atoms with Crippen LogP contribution in [0.15, 0.2) is 24.3 Å². The topological polar surface area (TPSA) is 96.0 Å². The molecule has 3 N–H and O–H groups in total. The first-order valence-electron chi connectivity index (χ1n) is 6.11. The lowest BCUT2D eigenvalue weighted by Gasteiger charge is -2.22. The molecule has 0 aliphatic rings. The third-order valence-electron chi connectivity index (χ3n) is 3.28. The Bertz CT molecular complexity index is 510. The molecule has 1 rings (SSSR count). The third-order valence-corrected chi connectivity index (χ3v) is 3.28. The molecule has 0 atom stereocenters. The largest absolute Gasteiger partial charge is 0.366 e. The number of carbonyl (C=O) groups is 2. The van der Waals surface area contributed by atoms with Gasteiger partial charge in [-0.05, 0) is 37.1 Å². The smallest absolute Gasteiger partial charge is 0.248 e. The summed E-state index contributed by atoms with van der Waals surface area (Å²) in [5.74, 6) is -0.849. The van der Waals surface area contributed by atoms with E-state index in [2.05, 4.69) is 11.4 Å². The van der Waals surface area contributed by atoms with Gasteiger partial charge in [0.05, 0.1) is 6.07 Å². The van der Waals surface area contributed by atoms with E-state index >= 15 is 0 Å². The number of benzene rings is 1. The van der Waals surface area contributed by atoms with Gasteiger partial charge in [0.15, 0.2) is 0 Å². The van der Waals surface area contributed by atoms with Crippen LogP contribution in [0.25, 0.3) is 0 Å². The maximum Gasteiger partial charge on any atom is 0.248 e. The lowest BCUT2D eigenvalue weighted by atomic mass is 9.83. The zero-order valence-electron chi connectivity index (χ0n) is 11.1. The first kappa shape index (κ1) is 14.7. The van der Waals surface area contributed by atoms with Crippen molar-refractivity contribution in [2.45, 2.75) is 26.7 Å². The number of nitriles is 1. The lowest BCUT2D eigenvalue weighted by Crippen LogP contribution is -2.33. The summed E-state index contributed by atoms with van der Waals surface area (Å²) in [6.07, 6.45) is 0.899. The molecular formula is C14H17N3O2. The van der Waals surface area contributed by atoms with Crippen LogP contribution in [0.4, 0.5) is 5.69 Å². The number of carbonyl (C=O) groups excluding carboxylic acids is 2. The molecule has 0 fully saturated rings. The van der Waals surface area contributed by atoms with E-state index in [4.69, 9.17) is 11.0 Å². The number of hydrogen-bond acceptors (Lipinski definition) is 3. The van der Waals surface area contributed by atoms with Crippen LogP contribution >= 0.6 is 0 Å². The zero-order valence-corrected chi connectivity index (χ0v) is 11.1. The molecular weight excluding hydrogens is 242 g/mol. The Morgan fingerprint density at radius 1 is 1.26 bits per heavy atom. The molecule has 5 heteroatoms. The highest BCUT2D eigenvalue weighted by atomic mass is 16.2. The van der Waals surface area contributed by atoms with E-state index in [1.807, 2.05) is 13.8 Å². The Balaban J connectivity index is 2.88. The minimum absolute atomic E-state index is 0.327. The Labute approximate surface area is 112 Å². The first-order valence-corrected chi connectivity index (χ1v) is 6.11. The number of nitrogens with zero attached hydrogens (tertiary/aromatic N) is 1. The number of nitrogens with one attached hydrogen (secondary N) is 1. The number of amides is 2. The molecule has 0 spiro atoms. The van der Waals surface area contributed by atoms with Gasteiger partial charge in [-0.1, -0.05) is 13.8 Å². The van der Waals surface area contributed by atoms with Crippen molar-refractivity contribution in [2.75, 3.05) is 5.32 Å². The Morgan fingerprint density at radius 3 is 2.16 bits per heavy atom. The Hall–Kier alpha value is -2.35. The normalized spacial score (nSPS) is 10.6. The van der Waals surface area contributed by atoms with Crippen molar-refractivity contribution in [1.29, 1.82) is 5.26 Å². The van der Waals surface area contributed by atoms with Gasteiger partial charge in [0, 0.05) is 11.3 Å². The van der Waals surface area contributed by atoms with Crippen molar-refractivity contribution in [2.24, 2.45) is 11.1 Å². The SMILES string of the molecule is CCC(C#N)(CC)C(=O)Nc1ccc(C(N)=O)cc1. The van der Waals surface area contributed by atoms with Gasteiger partial charge >= 0.3 is 0 Å². The molecule has 19 heavy (non-hydrogen) atoms. The van der Waals surface area contributed by atoms with Gasteiger partial charge in [-0.25, -0.2) is 0 Å². The molecule has 1 aromatic carbocycles. The van der Waals surface area contributed by atoms with E-state index in [0.717, 1.165) is 0 Å². The molecule has 2 amide bonds. The van der Waals surface area contributed by atoms with Gasteiger partial charge in [-0.2, -0.15) is 5.26 Å². The highest BCUT2D eigenvalue weighted by molar-refractivity contribution is 5.98. The average molecular weight is 259 g/mol. The fourth-order valence-corrected chi connectivity index (χ4v) is 1.75. The van der Waals surface area contributed by atoms with Gasteiger partial charge in [-0.15, -0.1) is 0 Å². The number of rotatable bonds is 5. The van der Waals surface area contributed by atoms with Crippen LogP contribution in [-0.2, 0) is 4.79 Å². The minimum atomic E-state index is -1.01. The second-order valence-electron chi connectivity index (χ2n) is 4.30. The quantitative estimate of drug-likeness (QED) is 0.847. The fourth-order valence-electron chi connectivity index (χ4n) is 1.75. The standard InChI is InChI=1S/C14H17N3O2/c1-3-14(4-2,9-15)13(19)17-11-7-5-10(6-8-11)12(16)18/h5-8H,3-4H2,1-2H3,(H2,16,18)(H,17,19). The van der Waals surface area contributed by atoms with Crippen LogP contribution in [0.2, 0.25) is 0 Å². The lowest BCUT2D eigenvalue weighted by molar-refractivity contribution is -0.123. The fraction of sp³-hybridized carbons (Fsp3) is 0.357. The maximum absolute atomic E-state index is 12.1. The van der Waals surface area contributed by atoms with Crippen molar-refractivity contribution in [3.05, 3.63) is 29.8 Å². The van der Waals surface area contributed by atoms with E-state index in [0.29, 0.717) is 24.1 Å². The van der Waals surface area contributed by atoms with E-state index in [1.54, 1.807) is 12.1 Å². The van der Waals surface area contributed by atoms with Gasteiger partial charge in [0.1, 0.15) is 5.41 Å². The monoisotopic (exact) mass is 259 g/mol. The minimum Gasteiger partial charge on any atom is -0.366 e. The molecule has 0 aromatic heterocycles. The van der Waals surface area contributed by atoms with Crippen molar-refractivity contribution in [3.63, 3.8) is 0 Å². The zero-order chi connectivity index (χ0) is 14.5. The molecule has 0 radical (unpaired) electrons. The first-order chi connectivity index (χ1) is 8.99. The molecule has 0 heterocycles. The second-order valence-corrected chi connectivity index (χ2v) is 4.30. The van der Waals surface area contributed by atoms with Crippen LogP contribution in [0.3, 0.4) is 0 Å². The second kappa shape index (κ2) is 6.01. The number of nitrogens with two attached hydrogens (primary N) is 1. The summed E-state index contributed by atoms with van der Waals surface area (Å²) in [4.78, 5) is 23.0. The molecule has 0 aliphatic carbocycles. The summed E-state index contributed by atoms with van der Waals surface area (Å²) in [6, 6.07) is 8.32. The molecule has 5 nitrogen and oxygen atoms in total. The van der Waals surface area contributed by atoms with Crippen LogP contribution < -0.4 is 11.1 Å². The summed E-state index contributed by atoms with van der Waals surface area (Å²) in [5, 5.41) is 11.9. The number of hydrogen-bond donors (Lipinski definition) is 2. The van der Waals surface area contributed by atoms with Crippen LogP contribution in [0.1, 0.15) is 37.0 Å². The number of anilines is 1. The molecule has 0 unspecified atom stereocenters. The number of primary amides is 1. The van der Waals surface area contributed by atoms with Crippen molar-refractivity contribution in [1.82, 2.24) is 0 Å². The highest BCUT2D eigenvalue weighted by Crippen LogP contribution is 2.27. The van der Waals surface area contributed by atoms with Crippen LogP contribution in [0, 0.1) is 16.7 Å². The highest BCUT2D eigenvalue weighted by Gasteiger charge is 2.34. The average Bonchev–Trinajstić information content (AvgIpc) is 2.42. The van der Waals surface area contributed by atoms with Crippen molar-refractivity contribution < 1.29 is 9.59 Å². The molecule has 0 aliphatic heterocycles. The summed E-state index contributed by atoms with van der Waals surface area (Å²) < 4.78 is 0. The molecule has 0 saturated heterocycles. The summed E-state index contributed by atoms with van der Waals surface area (Å²) in [6.45, 7) is 3.62. The van der Waals surface area contributed by atoms with Gasteiger partial charge in [0.25, 0.3) is 0 Å². The van der Waals surface area contributed by atoms with Crippen molar-refractivity contribution >= 4 is 17.5 Å². The van der Waals surface area contributed by atoms with Gasteiger partial charge < -0.3 is 11.1 Å². The van der Waals surface area contributed by atoms with E-state index < -0.39 is 11.3 Å². The molecule has 0 bridgehead atoms.